The van der Waals surface area contributed by atoms with E-state index in [1.54, 1.807) is 16.7 Å². The number of halogens is 1. The summed E-state index contributed by atoms with van der Waals surface area (Å²) in [5, 5.41) is 29.5. The Morgan fingerprint density at radius 2 is 1.85 bits per heavy atom. The maximum Gasteiger partial charge on any atom is 1.00 e. The number of thiocarbonyl (C=S) groups is 1. The van der Waals surface area contributed by atoms with Gasteiger partial charge in [0, 0.05) is 55.3 Å². The van der Waals surface area contributed by atoms with Crippen LogP contribution >= 0.6 is 35.7 Å². The summed E-state index contributed by atoms with van der Waals surface area (Å²) in [7, 11) is 1.26. The largest absolute Gasteiger partial charge is 1.00 e. The third kappa shape index (κ3) is 8.15. The van der Waals surface area contributed by atoms with Crippen LogP contribution in [-0.2, 0) is 19.2 Å². The Bertz CT molecular complexity index is 2140. The molecular formula is C33H29FN6Na2O9S3. The van der Waals surface area contributed by atoms with Crippen LogP contribution < -0.4 is 85.0 Å². The first-order valence-corrected chi connectivity index (χ1v) is 18.5. The van der Waals surface area contributed by atoms with Crippen LogP contribution in [0.25, 0.3) is 10.9 Å². The maximum absolute atomic E-state index is 15.4. The molecule has 0 spiro atoms. The number of piperazine rings is 1. The van der Waals surface area contributed by atoms with Crippen molar-refractivity contribution in [2.45, 2.75) is 30.3 Å². The van der Waals surface area contributed by atoms with E-state index in [4.69, 9.17) is 21.5 Å². The predicted octanol–water partition coefficient (Wildman–Crippen LogP) is -5.97. The summed E-state index contributed by atoms with van der Waals surface area (Å²) in [6, 6.07) is 4.76. The Morgan fingerprint density at radius 3 is 2.46 bits per heavy atom. The Labute approximate surface area is 365 Å². The summed E-state index contributed by atoms with van der Waals surface area (Å²) in [5.41, 5.74) is -0.527. The SMILES string of the molecule is CON=C(C(=O)N[C@@H]1C(=O)N2C(C(=O)[O-])=C(CSC(=S)N3CCN(c4cc5c(cc4F)c(=O)c(C(=O)[O-])cn5C4CC4)CC3)CS[C@H]12)c1ccco1.[Na+].[Na+]. The minimum atomic E-state index is -1.60. The molecular weight excluding hydrogens is 786 g/mol. The first-order chi connectivity index (χ1) is 25.0. The minimum Gasteiger partial charge on any atom is -0.545 e. The number of nitrogens with one attached hydrogen (secondary N) is 1. The molecule has 0 unspecified atom stereocenters. The molecule has 1 saturated carbocycles. The zero-order chi connectivity index (χ0) is 36.8. The summed E-state index contributed by atoms with van der Waals surface area (Å²) in [4.78, 5) is 72.4. The van der Waals surface area contributed by atoms with Crippen molar-refractivity contribution in [3.63, 3.8) is 0 Å². The second kappa shape index (κ2) is 17.5. The molecule has 7 rings (SSSR count). The summed E-state index contributed by atoms with van der Waals surface area (Å²) < 4.78 is 22.9. The Balaban J connectivity index is 0.00000280. The van der Waals surface area contributed by atoms with Gasteiger partial charge in [-0.05, 0) is 42.7 Å². The third-order valence-corrected chi connectivity index (χ3v) is 12.1. The number of benzene rings is 1. The van der Waals surface area contributed by atoms with E-state index in [0.717, 1.165) is 23.8 Å². The number of β-lactam (4-membered cyclic amide) rings is 1. The monoisotopic (exact) mass is 814 g/mol. The van der Waals surface area contributed by atoms with Crippen LogP contribution in [0.15, 0.2) is 62.4 Å². The number of oxime groups is 1. The van der Waals surface area contributed by atoms with Crippen molar-refractivity contribution in [1.82, 2.24) is 19.7 Å². The molecule has 0 radical (unpaired) electrons. The van der Waals surface area contributed by atoms with Crippen LogP contribution in [0.1, 0.15) is 35.0 Å². The van der Waals surface area contributed by atoms with Crippen molar-refractivity contribution >= 4 is 86.1 Å². The van der Waals surface area contributed by atoms with Crippen LogP contribution in [0, 0.1) is 5.82 Å². The summed E-state index contributed by atoms with van der Waals surface area (Å²) in [6.07, 6.45) is 4.27. The van der Waals surface area contributed by atoms with Crippen molar-refractivity contribution in [3.05, 3.63) is 75.4 Å². The second-order valence-corrected chi connectivity index (χ2v) is 15.1. The molecule has 2 saturated heterocycles. The summed E-state index contributed by atoms with van der Waals surface area (Å²) in [5.74, 6) is -4.55. The fraction of sp³-hybridized carbons (Fsp3) is 0.364. The molecule has 0 bridgehead atoms. The van der Waals surface area contributed by atoms with Gasteiger partial charge in [-0.15, -0.1) is 11.8 Å². The fourth-order valence-corrected chi connectivity index (χ4v) is 9.20. The number of nitrogens with zero attached hydrogens (tertiary/aromatic N) is 5. The standard InChI is InChI=1S/C33H31FN6O9S3.2Na/c1-48-36-24(23-3-2-10-49-23)28(42)35-25-29(43)40-26(32(46)47)16(14-51-30(25)40)15-52-33(50)38-8-6-37(7-9-38)22-12-21-18(11-20(22)34)27(41)19(31(44)45)13-39(21)17-4-5-17;;/h2-3,10-13,17,25,30H,4-9,14-15H2,1H3,(H,35,42)(H,44,45)(H,46,47);;/q;2*+1/p-2/t25-,30-;;/m1../s1. The number of carboxylic acid groups (broad SMARTS) is 2. The number of carbonyl (C=O) groups excluding carboxylic acids is 4. The molecule has 272 valence electrons. The molecule has 15 nitrogen and oxygen atoms in total. The van der Waals surface area contributed by atoms with Gasteiger partial charge in [-0.2, -0.15) is 0 Å². The Hall–Kier alpha value is -2.88. The van der Waals surface area contributed by atoms with Crippen LogP contribution in [0.4, 0.5) is 10.1 Å². The summed E-state index contributed by atoms with van der Waals surface area (Å²) >= 11 is 8.22. The van der Waals surface area contributed by atoms with Crippen LogP contribution in [-0.4, -0.2) is 104 Å². The van der Waals surface area contributed by atoms with E-state index in [2.05, 4.69) is 10.5 Å². The van der Waals surface area contributed by atoms with Gasteiger partial charge in [-0.25, -0.2) is 4.39 Å². The molecule has 21 heteroatoms. The molecule has 3 aromatic rings. The van der Waals surface area contributed by atoms with Gasteiger partial charge in [0.05, 0.1) is 40.7 Å². The van der Waals surface area contributed by atoms with Gasteiger partial charge in [0.15, 0.2) is 11.2 Å². The number of hydrogen-bond donors (Lipinski definition) is 1. The van der Waals surface area contributed by atoms with Gasteiger partial charge in [0.2, 0.25) is 5.71 Å². The van der Waals surface area contributed by atoms with Crippen molar-refractivity contribution < 1.29 is 102 Å². The van der Waals surface area contributed by atoms with Crippen LogP contribution in [0.3, 0.4) is 0 Å². The topological polar surface area (TPSA) is 193 Å². The number of thioether (sulfide) groups is 2. The number of carboxylic acids is 2. The maximum atomic E-state index is 15.4. The van der Waals surface area contributed by atoms with E-state index in [1.807, 2.05) is 9.80 Å². The molecule has 5 heterocycles. The zero-order valence-corrected chi connectivity index (χ0v) is 35.8. The van der Waals surface area contributed by atoms with Crippen molar-refractivity contribution in [1.29, 1.82) is 0 Å². The van der Waals surface area contributed by atoms with E-state index in [9.17, 15) is 34.2 Å². The summed E-state index contributed by atoms with van der Waals surface area (Å²) in [6.45, 7) is 1.66. The van der Waals surface area contributed by atoms with Gasteiger partial charge < -0.3 is 48.7 Å². The molecule has 3 fully saturated rings. The van der Waals surface area contributed by atoms with Crippen molar-refractivity contribution in [2.75, 3.05) is 49.7 Å². The number of aromatic carboxylic acids is 1. The number of pyridine rings is 1. The van der Waals surface area contributed by atoms with E-state index in [-0.39, 0.29) is 105 Å². The Kier molecular flexibility index (Phi) is 13.7. The molecule has 2 atom stereocenters. The van der Waals surface area contributed by atoms with Crippen molar-refractivity contribution in [3.8, 4) is 0 Å². The van der Waals surface area contributed by atoms with Crippen LogP contribution in [0.2, 0.25) is 0 Å². The number of fused-ring (bicyclic) bond motifs is 2. The molecule has 3 aliphatic heterocycles. The average molecular weight is 815 g/mol. The quantitative estimate of drug-likeness (QED) is 0.0669. The van der Waals surface area contributed by atoms with Crippen molar-refractivity contribution in [2.24, 2.45) is 5.16 Å². The van der Waals surface area contributed by atoms with E-state index in [0.29, 0.717) is 41.6 Å². The molecule has 1 aliphatic carbocycles. The molecule has 54 heavy (non-hydrogen) atoms. The van der Waals surface area contributed by atoms with Gasteiger partial charge in [0.1, 0.15) is 28.7 Å². The zero-order valence-electron chi connectivity index (χ0n) is 29.4. The van der Waals surface area contributed by atoms with Gasteiger partial charge in [0.25, 0.3) is 11.8 Å². The minimum absolute atomic E-state index is 0. The molecule has 4 aliphatic rings. The average Bonchev–Trinajstić information content (AvgIpc) is 3.83. The van der Waals surface area contributed by atoms with E-state index in [1.165, 1.54) is 49.2 Å². The number of anilines is 1. The molecule has 2 amide bonds. The number of furan rings is 1. The number of carbonyl (C=O) groups is 4. The molecule has 2 aromatic heterocycles. The van der Waals surface area contributed by atoms with E-state index >= 15 is 4.39 Å². The van der Waals surface area contributed by atoms with Crippen LogP contribution in [0.5, 0.6) is 0 Å². The van der Waals surface area contributed by atoms with Gasteiger partial charge in [-0.3, -0.25) is 19.3 Å². The normalized spacial score (nSPS) is 19.7. The fourth-order valence-electron chi connectivity index (χ4n) is 6.47. The number of aromatic nitrogens is 1. The second-order valence-electron chi connectivity index (χ2n) is 12.3. The molecule has 1 aromatic carbocycles. The number of aliphatic carboxylic acids is 1. The number of rotatable bonds is 10. The predicted molar refractivity (Wildman–Crippen MR) is 189 cm³/mol. The van der Waals surface area contributed by atoms with E-state index < -0.39 is 52.0 Å². The first kappa shape index (κ1) is 42.3. The third-order valence-electron chi connectivity index (χ3n) is 9.19. The smallest absolute Gasteiger partial charge is 0.545 e. The van der Waals surface area contributed by atoms with Gasteiger partial charge >= 0.3 is 59.1 Å². The first-order valence-electron chi connectivity index (χ1n) is 16.1. The Morgan fingerprint density at radius 1 is 1.13 bits per heavy atom. The number of amides is 2. The molecule has 1 N–H and O–H groups in total. The number of hydrogen-bond acceptors (Lipinski definition) is 14. The van der Waals surface area contributed by atoms with Gasteiger partial charge in [-0.1, -0.05) is 29.1 Å².